The quantitative estimate of drug-likeness (QED) is 0.423. The van der Waals surface area contributed by atoms with Gasteiger partial charge in [-0.25, -0.2) is 0 Å². The van der Waals surface area contributed by atoms with Gasteiger partial charge in [-0.2, -0.15) is 0 Å². The fourth-order valence-electron chi connectivity index (χ4n) is 1.22. The molecule has 1 aromatic rings. The fraction of sp³-hybridized carbons (Fsp3) is 0.273. The zero-order chi connectivity index (χ0) is 10.2. The molecule has 0 N–H and O–H groups in total. The summed E-state index contributed by atoms with van der Waals surface area (Å²) < 4.78 is 5.26. The molecule has 0 radical (unpaired) electrons. The van der Waals surface area contributed by atoms with Crippen LogP contribution in [0.3, 0.4) is 0 Å². The molecule has 0 aliphatic heterocycles. The van der Waals surface area contributed by atoms with E-state index >= 15 is 0 Å². The lowest BCUT2D eigenvalue weighted by Gasteiger charge is -2.01. The third-order valence-corrected chi connectivity index (χ3v) is 2.76. The summed E-state index contributed by atoms with van der Waals surface area (Å²) in [5.74, 6) is 0. The molecule has 0 aliphatic rings. The molecule has 1 rings (SSSR count). The number of rotatable bonds is 5. The van der Waals surface area contributed by atoms with Gasteiger partial charge in [0, 0.05) is 8.50 Å². The summed E-state index contributed by atoms with van der Waals surface area (Å²) >= 11 is 0. The number of hydrogen-bond donors (Lipinski definition) is 0. The maximum Gasteiger partial charge on any atom is 0.0693 e. The Morgan fingerprint density at radius 1 is 1.43 bits per heavy atom. The van der Waals surface area contributed by atoms with Gasteiger partial charge in [0.2, 0.25) is 0 Å². The number of hydrogen-bond acceptors (Lipinski definition) is 1. The van der Waals surface area contributed by atoms with Crippen molar-refractivity contribution in [3.8, 4) is 0 Å². The highest BCUT2D eigenvalue weighted by atomic mass is 32.0. The summed E-state index contributed by atoms with van der Waals surface area (Å²) in [6.07, 6.45) is 3.16. The van der Waals surface area contributed by atoms with E-state index in [9.17, 15) is 0 Å². The average Bonchev–Trinajstić information content (AvgIpc) is 2.20. The molecule has 0 bridgehead atoms. The van der Waals surface area contributed by atoms with Gasteiger partial charge in [0.25, 0.3) is 0 Å². The zero-order valence-corrected chi connectivity index (χ0v) is 10.5. The molecule has 1 nitrogen and oxygen atoms in total. The van der Waals surface area contributed by atoms with Gasteiger partial charge in [-0.3, -0.25) is 0 Å². The second kappa shape index (κ2) is 7.12. The first-order valence-corrected chi connectivity index (χ1v) is 7.31. The molecular formula is C11H16OP2. The average molecular weight is 226 g/mol. The highest BCUT2D eigenvalue weighted by molar-refractivity contribution is 8.00. The van der Waals surface area contributed by atoms with Crippen molar-refractivity contribution in [3.05, 3.63) is 47.5 Å². The molecular weight excluding hydrogens is 210 g/mol. The lowest BCUT2D eigenvalue weighted by molar-refractivity contribution is 0.422. The highest BCUT2D eigenvalue weighted by Gasteiger charge is 1.92. The largest absolute Gasteiger partial charge is 0.354 e. The third-order valence-electron chi connectivity index (χ3n) is 1.92. The Balaban J connectivity index is 2.40. The van der Waals surface area contributed by atoms with Crippen LogP contribution in [0.1, 0.15) is 12.5 Å². The van der Waals surface area contributed by atoms with Crippen molar-refractivity contribution in [3.63, 3.8) is 0 Å². The second-order valence-electron chi connectivity index (χ2n) is 3.14. The van der Waals surface area contributed by atoms with Crippen molar-refractivity contribution in [2.24, 2.45) is 0 Å². The summed E-state index contributed by atoms with van der Waals surface area (Å²) in [6.45, 7) is 2.86. The van der Waals surface area contributed by atoms with E-state index in [4.69, 9.17) is 4.52 Å². The van der Waals surface area contributed by atoms with Gasteiger partial charge in [0.05, 0.1) is 6.61 Å². The fourth-order valence-corrected chi connectivity index (χ4v) is 1.69. The summed E-state index contributed by atoms with van der Waals surface area (Å²) in [5.41, 5.74) is 2.72. The minimum Gasteiger partial charge on any atom is -0.354 e. The molecule has 0 spiro atoms. The van der Waals surface area contributed by atoms with Crippen molar-refractivity contribution < 1.29 is 4.52 Å². The topological polar surface area (TPSA) is 9.23 Å². The van der Waals surface area contributed by atoms with E-state index in [1.165, 1.54) is 11.1 Å². The first kappa shape index (κ1) is 11.9. The lowest BCUT2D eigenvalue weighted by atomic mass is 10.1. The van der Waals surface area contributed by atoms with Gasteiger partial charge in [0.1, 0.15) is 0 Å². The van der Waals surface area contributed by atoms with Crippen molar-refractivity contribution in [1.82, 2.24) is 0 Å². The van der Waals surface area contributed by atoms with Crippen molar-refractivity contribution >= 4 is 17.4 Å². The van der Waals surface area contributed by atoms with Crippen LogP contribution in [-0.4, -0.2) is 6.61 Å². The van der Waals surface area contributed by atoms with E-state index in [0.29, 0.717) is 8.50 Å². The van der Waals surface area contributed by atoms with Crippen molar-refractivity contribution in [2.75, 3.05) is 6.61 Å². The minimum atomic E-state index is 0.497. The zero-order valence-electron chi connectivity index (χ0n) is 8.36. The number of benzene rings is 1. The predicted molar refractivity (Wildman–Crippen MR) is 67.9 cm³/mol. The summed E-state index contributed by atoms with van der Waals surface area (Å²) in [7, 11) is 3.07. The van der Waals surface area contributed by atoms with Gasteiger partial charge >= 0.3 is 0 Å². The first-order valence-electron chi connectivity index (χ1n) is 4.60. The molecule has 0 heterocycles. The monoisotopic (exact) mass is 226 g/mol. The third kappa shape index (κ3) is 4.86. The van der Waals surface area contributed by atoms with Crippen LogP contribution in [0.15, 0.2) is 42.0 Å². The van der Waals surface area contributed by atoms with Crippen molar-refractivity contribution in [1.29, 1.82) is 0 Å². The molecule has 14 heavy (non-hydrogen) atoms. The molecule has 2 atom stereocenters. The van der Waals surface area contributed by atoms with E-state index < -0.39 is 0 Å². The Labute approximate surface area is 89.9 Å². The van der Waals surface area contributed by atoms with Crippen LogP contribution in [0, 0.1) is 0 Å². The maximum atomic E-state index is 5.26. The van der Waals surface area contributed by atoms with E-state index in [0.717, 1.165) is 13.0 Å². The van der Waals surface area contributed by atoms with E-state index in [2.05, 4.69) is 46.2 Å². The van der Waals surface area contributed by atoms with Crippen LogP contribution in [0.4, 0.5) is 0 Å². The lowest BCUT2D eigenvalue weighted by Crippen LogP contribution is -1.88. The van der Waals surface area contributed by atoms with Crippen LogP contribution >= 0.6 is 17.4 Å². The molecule has 0 fully saturated rings. The van der Waals surface area contributed by atoms with Crippen molar-refractivity contribution in [2.45, 2.75) is 13.3 Å². The maximum absolute atomic E-state index is 5.26. The van der Waals surface area contributed by atoms with Gasteiger partial charge in [0.15, 0.2) is 0 Å². The number of allylic oxidation sites excluding steroid dienone is 1. The Kier molecular flexibility index (Phi) is 6.03. The smallest absolute Gasteiger partial charge is 0.0693 e. The highest BCUT2D eigenvalue weighted by Crippen LogP contribution is 2.20. The van der Waals surface area contributed by atoms with Gasteiger partial charge in [-0.15, -0.1) is 0 Å². The Hall–Kier alpha value is -0.220. The Morgan fingerprint density at radius 3 is 2.79 bits per heavy atom. The normalized spacial score (nSPS) is 12.6. The van der Waals surface area contributed by atoms with Crippen LogP contribution in [-0.2, 0) is 10.9 Å². The molecule has 0 aliphatic carbocycles. The van der Waals surface area contributed by atoms with E-state index in [1.807, 2.05) is 6.07 Å². The summed E-state index contributed by atoms with van der Waals surface area (Å²) in [6, 6.07) is 10.5. The first-order chi connectivity index (χ1) is 6.83. The van der Waals surface area contributed by atoms with Crippen LogP contribution < -0.4 is 0 Å². The molecule has 3 heteroatoms. The van der Waals surface area contributed by atoms with Gasteiger partial charge in [-0.05, 0) is 18.9 Å². The Morgan fingerprint density at radius 2 is 2.14 bits per heavy atom. The van der Waals surface area contributed by atoms with Gasteiger partial charge < -0.3 is 4.52 Å². The van der Waals surface area contributed by atoms with Gasteiger partial charge in [-0.1, -0.05) is 50.9 Å². The molecule has 2 unspecified atom stereocenters. The molecule has 0 aromatic heterocycles. The second-order valence-corrected chi connectivity index (χ2v) is 4.37. The van der Waals surface area contributed by atoms with Crippen LogP contribution in [0.2, 0.25) is 0 Å². The predicted octanol–water partition coefficient (Wildman–Crippen LogP) is 3.58. The summed E-state index contributed by atoms with van der Waals surface area (Å²) in [5, 5.41) is 0. The van der Waals surface area contributed by atoms with E-state index in [1.54, 1.807) is 0 Å². The minimum absolute atomic E-state index is 0.497. The van der Waals surface area contributed by atoms with Crippen LogP contribution in [0.5, 0.6) is 0 Å². The summed E-state index contributed by atoms with van der Waals surface area (Å²) in [4.78, 5) is 0. The Bertz CT molecular complexity index is 283. The molecule has 0 amide bonds. The van der Waals surface area contributed by atoms with Crippen LogP contribution in [0.25, 0.3) is 0 Å². The molecule has 76 valence electrons. The SMILES string of the molecule is C/C(=C\COPP)Cc1ccccc1. The molecule has 0 saturated heterocycles. The standard InChI is InChI=1S/C11H16OP2/c1-10(7-8-12-14-13)9-11-5-3-2-4-6-11/h2-7,14H,8-9,13H2,1H3/b10-7+. The van der Waals surface area contributed by atoms with E-state index in [-0.39, 0.29) is 0 Å². The molecule has 0 saturated carbocycles. The molecule has 1 aromatic carbocycles.